The summed E-state index contributed by atoms with van der Waals surface area (Å²) in [5.41, 5.74) is 0.802. The summed E-state index contributed by atoms with van der Waals surface area (Å²) in [7, 11) is 0. The topological polar surface area (TPSA) is 63.4 Å². The minimum absolute atomic E-state index is 0.152. The first-order valence-electron chi connectivity index (χ1n) is 3.23. The summed E-state index contributed by atoms with van der Waals surface area (Å²) in [6.07, 6.45) is 2.64. The van der Waals surface area contributed by atoms with Crippen LogP contribution < -0.4 is 0 Å². The lowest BCUT2D eigenvalue weighted by Gasteiger charge is -1.94. The van der Waals surface area contributed by atoms with E-state index in [1.165, 1.54) is 0 Å². The van der Waals surface area contributed by atoms with E-state index >= 15 is 0 Å². The average Bonchev–Trinajstić information content (AvgIpc) is 2.58. The fraction of sp³-hybridized carbons (Fsp3) is 0. The van der Waals surface area contributed by atoms with Crippen LogP contribution in [0.1, 0.15) is 5.69 Å². The van der Waals surface area contributed by atoms with Crippen LogP contribution in [0.4, 0.5) is 0 Å². The highest BCUT2D eigenvalue weighted by molar-refractivity contribution is 6.50. The maximum Gasteiger partial charge on any atom is 0.102 e. The number of nitrogens with one attached hydrogen (secondary N) is 2. The Balaban J connectivity index is 3.13. The Morgan fingerprint density at radius 1 is 1.75 bits per heavy atom. The van der Waals surface area contributed by atoms with Crippen molar-refractivity contribution < 1.29 is 0 Å². The monoisotopic (exact) mass is 179 g/mol. The normalized spacial score (nSPS) is 11.7. The van der Waals surface area contributed by atoms with Crippen LogP contribution in [0.3, 0.4) is 0 Å². The third-order valence-electron chi connectivity index (χ3n) is 1.34. The van der Waals surface area contributed by atoms with Crippen LogP contribution in [-0.2, 0) is 0 Å². The molecule has 0 amide bonds. The van der Waals surface area contributed by atoms with Gasteiger partial charge in [-0.25, -0.2) is 0 Å². The molecule has 0 saturated heterocycles. The van der Waals surface area contributed by atoms with E-state index in [9.17, 15) is 0 Å². The van der Waals surface area contributed by atoms with Crippen molar-refractivity contribution in [2.45, 2.75) is 0 Å². The molecular formula is C8H6ClN3. The summed E-state index contributed by atoms with van der Waals surface area (Å²) in [6.45, 7) is 0. The van der Waals surface area contributed by atoms with Gasteiger partial charge in [0.25, 0.3) is 0 Å². The van der Waals surface area contributed by atoms with E-state index in [4.69, 9.17) is 22.3 Å². The van der Waals surface area contributed by atoms with Gasteiger partial charge in [-0.15, -0.1) is 0 Å². The number of hydrogen-bond donors (Lipinski definition) is 2. The van der Waals surface area contributed by atoms with Crippen molar-refractivity contribution in [2.75, 3.05) is 0 Å². The Kier molecular flexibility index (Phi) is 2.67. The molecule has 3 nitrogen and oxygen atoms in total. The van der Waals surface area contributed by atoms with Crippen molar-refractivity contribution in [1.29, 1.82) is 10.7 Å². The molecule has 0 aliphatic rings. The Bertz CT molecular complexity index is 343. The number of halogens is 1. The van der Waals surface area contributed by atoms with Crippen molar-refractivity contribution in [3.8, 4) is 6.07 Å². The maximum atomic E-state index is 8.54. The Labute approximate surface area is 74.8 Å². The number of aromatic amines is 1. The first-order chi connectivity index (χ1) is 5.79. The molecule has 0 radical (unpaired) electrons. The molecule has 0 spiro atoms. The quantitative estimate of drug-likeness (QED) is 0.530. The number of hydrogen-bond acceptors (Lipinski definition) is 2. The highest BCUT2D eigenvalue weighted by Gasteiger charge is 2.03. The Morgan fingerprint density at radius 2 is 2.50 bits per heavy atom. The molecule has 0 atom stereocenters. The first-order valence-corrected chi connectivity index (χ1v) is 3.61. The summed E-state index contributed by atoms with van der Waals surface area (Å²) in [5, 5.41) is 15.7. The second-order valence-electron chi connectivity index (χ2n) is 2.07. The smallest absolute Gasteiger partial charge is 0.102 e. The lowest BCUT2D eigenvalue weighted by molar-refractivity contribution is 1.36. The largest absolute Gasteiger partial charge is 0.360 e. The van der Waals surface area contributed by atoms with Gasteiger partial charge in [0.1, 0.15) is 6.07 Å². The van der Waals surface area contributed by atoms with E-state index in [0.29, 0.717) is 5.69 Å². The van der Waals surface area contributed by atoms with E-state index in [2.05, 4.69) is 4.98 Å². The number of H-pyrrole nitrogens is 1. The van der Waals surface area contributed by atoms with Crippen LogP contribution in [0, 0.1) is 16.7 Å². The van der Waals surface area contributed by atoms with Gasteiger partial charge in [0.15, 0.2) is 0 Å². The van der Waals surface area contributed by atoms with Crippen molar-refractivity contribution in [3.63, 3.8) is 0 Å². The van der Waals surface area contributed by atoms with Gasteiger partial charge in [0, 0.05) is 12.4 Å². The van der Waals surface area contributed by atoms with Gasteiger partial charge in [0.05, 0.1) is 16.3 Å². The minimum atomic E-state index is 0.152. The third-order valence-corrected chi connectivity index (χ3v) is 1.74. The van der Waals surface area contributed by atoms with Crippen molar-refractivity contribution in [3.05, 3.63) is 29.6 Å². The molecule has 0 aromatic carbocycles. The van der Waals surface area contributed by atoms with Crippen molar-refractivity contribution in [2.24, 2.45) is 0 Å². The van der Waals surface area contributed by atoms with Crippen LogP contribution in [0.5, 0.6) is 0 Å². The second-order valence-corrected chi connectivity index (χ2v) is 2.45. The molecule has 1 heterocycles. The van der Waals surface area contributed by atoms with E-state index < -0.39 is 0 Å². The zero-order valence-electron chi connectivity index (χ0n) is 6.13. The average molecular weight is 180 g/mol. The molecule has 1 aromatic heterocycles. The minimum Gasteiger partial charge on any atom is -0.360 e. The Hall–Kier alpha value is -1.53. The molecule has 0 aliphatic carbocycles. The molecule has 0 fully saturated rings. The SMILES string of the molecule is N#CC(C=N)=C(Cl)c1ccc[nH]1. The van der Waals surface area contributed by atoms with Crippen molar-refractivity contribution in [1.82, 2.24) is 4.98 Å². The lowest BCUT2D eigenvalue weighted by Crippen LogP contribution is -1.84. The maximum absolute atomic E-state index is 8.54. The first kappa shape index (κ1) is 8.57. The fourth-order valence-electron chi connectivity index (χ4n) is 0.757. The summed E-state index contributed by atoms with van der Waals surface area (Å²) < 4.78 is 0. The van der Waals surface area contributed by atoms with Gasteiger partial charge in [-0.1, -0.05) is 11.6 Å². The second kappa shape index (κ2) is 3.74. The number of aromatic nitrogens is 1. The number of rotatable bonds is 2. The molecule has 60 valence electrons. The van der Waals surface area contributed by atoms with E-state index in [-0.39, 0.29) is 10.6 Å². The highest BCUT2D eigenvalue weighted by Crippen LogP contribution is 2.19. The van der Waals surface area contributed by atoms with Gasteiger partial charge >= 0.3 is 0 Å². The summed E-state index contributed by atoms with van der Waals surface area (Å²) in [6, 6.07) is 5.34. The van der Waals surface area contributed by atoms with Gasteiger partial charge in [-0.3, -0.25) is 0 Å². The zero-order chi connectivity index (χ0) is 8.97. The van der Waals surface area contributed by atoms with E-state index in [0.717, 1.165) is 6.21 Å². The molecule has 2 N–H and O–H groups in total. The predicted molar refractivity (Wildman–Crippen MR) is 48.0 cm³/mol. The van der Waals surface area contributed by atoms with Gasteiger partial charge in [0.2, 0.25) is 0 Å². The third kappa shape index (κ3) is 1.55. The van der Waals surface area contributed by atoms with Crippen LogP contribution in [0.15, 0.2) is 23.9 Å². The Morgan fingerprint density at radius 3 is 2.92 bits per heavy atom. The van der Waals surface area contributed by atoms with E-state index in [1.54, 1.807) is 18.3 Å². The summed E-state index contributed by atoms with van der Waals surface area (Å²) in [5.74, 6) is 0. The molecule has 0 bridgehead atoms. The molecule has 1 rings (SSSR count). The standard InChI is InChI=1S/C8H6ClN3/c9-8(6(4-10)5-11)7-2-1-3-12-7/h1-4,10,12H. The van der Waals surface area contributed by atoms with Gasteiger partial charge in [-0.05, 0) is 12.1 Å². The molecular weight excluding hydrogens is 174 g/mol. The fourth-order valence-corrected chi connectivity index (χ4v) is 0.971. The van der Waals surface area contributed by atoms with Crippen LogP contribution in [-0.4, -0.2) is 11.2 Å². The summed E-state index contributed by atoms with van der Waals surface area (Å²) in [4.78, 5) is 2.84. The molecule has 12 heavy (non-hydrogen) atoms. The molecule has 0 unspecified atom stereocenters. The van der Waals surface area contributed by atoms with Crippen LogP contribution in [0.2, 0.25) is 0 Å². The van der Waals surface area contributed by atoms with E-state index in [1.807, 2.05) is 6.07 Å². The van der Waals surface area contributed by atoms with Crippen molar-refractivity contribution >= 4 is 22.8 Å². The summed E-state index contributed by atoms with van der Waals surface area (Å²) >= 11 is 5.79. The predicted octanol–water partition coefficient (Wildman–Crippen LogP) is 2.14. The molecule has 0 saturated carbocycles. The van der Waals surface area contributed by atoms with Gasteiger partial charge < -0.3 is 10.4 Å². The number of nitriles is 1. The number of allylic oxidation sites excluding steroid dienone is 1. The zero-order valence-corrected chi connectivity index (χ0v) is 6.89. The number of nitrogens with zero attached hydrogens (tertiary/aromatic N) is 1. The highest BCUT2D eigenvalue weighted by atomic mass is 35.5. The molecule has 0 aliphatic heterocycles. The van der Waals surface area contributed by atoms with Crippen LogP contribution in [0.25, 0.3) is 5.03 Å². The van der Waals surface area contributed by atoms with Crippen LogP contribution >= 0.6 is 11.6 Å². The molecule has 1 aromatic rings. The van der Waals surface area contributed by atoms with Gasteiger partial charge in [-0.2, -0.15) is 5.26 Å². The lowest BCUT2D eigenvalue weighted by atomic mass is 10.2. The molecule has 4 heteroatoms.